The first-order valence-corrected chi connectivity index (χ1v) is 9.35. The van der Waals surface area contributed by atoms with Gasteiger partial charge >= 0.3 is 0 Å². The Bertz CT molecular complexity index is 910. The van der Waals surface area contributed by atoms with Crippen molar-refractivity contribution in [3.05, 3.63) is 78.1 Å². The first-order chi connectivity index (χ1) is 14.0. The van der Waals surface area contributed by atoms with Crippen LogP contribution in [0.15, 0.2) is 61.2 Å². The Balaban J connectivity index is 1.62. The van der Waals surface area contributed by atoms with Crippen LogP contribution < -0.4 is 5.32 Å². The molecule has 0 unspecified atom stereocenters. The van der Waals surface area contributed by atoms with Crippen molar-refractivity contribution in [3.8, 4) is 0 Å². The second-order valence-electron chi connectivity index (χ2n) is 6.72. The average molecular weight is 395 g/mol. The maximum atomic E-state index is 13.1. The molecule has 150 valence electrons. The minimum Gasteiger partial charge on any atom is -0.337 e. The molecule has 0 aromatic heterocycles. The molecule has 0 saturated carbocycles. The van der Waals surface area contributed by atoms with Crippen LogP contribution in [-0.4, -0.2) is 53.7 Å². The highest BCUT2D eigenvalue weighted by Gasteiger charge is 2.23. The number of nitrogens with one attached hydrogen (secondary N) is 1. The third-order valence-corrected chi connectivity index (χ3v) is 4.75. The van der Waals surface area contributed by atoms with Gasteiger partial charge in [-0.3, -0.25) is 14.4 Å². The van der Waals surface area contributed by atoms with Crippen molar-refractivity contribution in [3.63, 3.8) is 0 Å². The molecule has 1 aliphatic rings. The molecular weight excluding hydrogens is 373 g/mol. The van der Waals surface area contributed by atoms with Gasteiger partial charge in [0.2, 0.25) is 5.91 Å². The van der Waals surface area contributed by atoms with Crippen molar-refractivity contribution < 1.29 is 18.8 Å². The Morgan fingerprint density at radius 3 is 1.79 bits per heavy atom. The number of hydrogen-bond donors (Lipinski definition) is 1. The fourth-order valence-corrected chi connectivity index (χ4v) is 3.17. The van der Waals surface area contributed by atoms with Crippen LogP contribution in [0.1, 0.15) is 27.1 Å². The molecule has 29 heavy (non-hydrogen) atoms. The Hall–Kier alpha value is -3.48. The fourth-order valence-electron chi connectivity index (χ4n) is 3.17. The predicted octanol–water partition coefficient (Wildman–Crippen LogP) is 2.94. The Morgan fingerprint density at radius 1 is 0.828 bits per heavy atom. The maximum absolute atomic E-state index is 13.1. The van der Waals surface area contributed by atoms with E-state index in [1.54, 1.807) is 34.1 Å². The summed E-state index contributed by atoms with van der Waals surface area (Å²) in [6.45, 7) is 5.30. The zero-order valence-electron chi connectivity index (χ0n) is 15.9. The van der Waals surface area contributed by atoms with Crippen LogP contribution in [0.3, 0.4) is 0 Å². The third kappa shape index (κ3) is 5.07. The highest BCUT2D eigenvalue weighted by atomic mass is 19.1. The van der Waals surface area contributed by atoms with Gasteiger partial charge in [-0.25, -0.2) is 4.39 Å². The van der Waals surface area contributed by atoms with Gasteiger partial charge in [0, 0.05) is 43.0 Å². The summed E-state index contributed by atoms with van der Waals surface area (Å²) in [5.74, 6) is -0.990. The lowest BCUT2D eigenvalue weighted by Gasteiger charge is -2.22. The fraction of sp³-hybridized carbons (Fsp3) is 0.227. The summed E-state index contributed by atoms with van der Waals surface area (Å²) < 4.78 is 13.1. The summed E-state index contributed by atoms with van der Waals surface area (Å²) in [5.41, 5.74) is 1.53. The Morgan fingerprint density at radius 2 is 1.31 bits per heavy atom. The van der Waals surface area contributed by atoms with Crippen LogP contribution in [0.25, 0.3) is 0 Å². The number of hydrogen-bond acceptors (Lipinski definition) is 3. The van der Waals surface area contributed by atoms with Crippen molar-refractivity contribution in [1.29, 1.82) is 0 Å². The van der Waals surface area contributed by atoms with E-state index in [1.165, 1.54) is 30.3 Å². The minimum atomic E-state index is -0.385. The van der Waals surface area contributed by atoms with E-state index >= 15 is 0 Å². The third-order valence-electron chi connectivity index (χ3n) is 4.75. The van der Waals surface area contributed by atoms with Gasteiger partial charge < -0.3 is 15.1 Å². The number of amides is 3. The normalized spacial score (nSPS) is 14.1. The zero-order valence-corrected chi connectivity index (χ0v) is 15.9. The molecule has 0 spiro atoms. The van der Waals surface area contributed by atoms with Crippen LogP contribution in [-0.2, 0) is 4.79 Å². The molecule has 1 saturated heterocycles. The molecule has 6 nitrogen and oxygen atoms in total. The molecule has 1 aliphatic heterocycles. The monoisotopic (exact) mass is 395 g/mol. The van der Waals surface area contributed by atoms with E-state index in [9.17, 15) is 18.8 Å². The SMILES string of the molecule is C=CC(=O)Nc1ccc(C(=O)N2CCCN(C(=O)c3ccc(F)cc3)CC2)cc1. The zero-order chi connectivity index (χ0) is 20.8. The summed E-state index contributed by atoms with van der Waals surface area (Å²) >= 11 is 0. The van der Waals surface area contributed by atoms with Crippen molar-refractivity contribution in [2.24, 2.45) is 0 Å². The Labute approximate surface area is 168 Å². The van der Waals surface area contributed by atoms with Gasteiger partial charge in [-0.2, -0.15) is 0 Å². The van der Waals surface area contributed by atoms with Crippen molar-refractivity contribution in [2.75, 3.05) is 31.5 Å². The van der Waals surface area contributed by atoms with Gasteiger partial charge in [-0.1, -0.05) is 6.58 Å². The molecule has 0 radical (unpaired) electrons. The topological polar surface area (TPSA) is 69.7 Å². The number of halogens is 1. The largest absolute Gasteiger partial charge is 0.337 e. The van der Waals surface area contributed by atoms with Gasteiger partial charge in [0.25, 0.3) is 11.8 Å². The molecule has 0 atom stereocenters. The molecule has 1 heterocycles. The van der Waals surface area contributed by atoms with E-state index in [2.05, 4.69) is 11.9 Å². The summed E-state index contributed by atoms with van der Waals surface area (Å²) in [5, 5.41) is 2.64. The standard InChI is InChI=1S/C22H22FN3O3/c1-2-20(27)24-19-10-6-17(7-11-19)22(29)26-13-3-12-25(14-15-26)21(28)16-4-8-18(23)9-5-16/h2,4-11H,1,3,12-15H2,(H,24,27). The van der Waals surface area contributed by atoms with Crippen molar-refractivity contribution in [2.45, 2.75) is 6.42 Å². The van der Waals surface area contributed by atoms with Gasteiger partial charge in [-0.05, 0) is 61.0 Å². The van der Waals surface area contributed by atoms with Crippen LogP contribution in [0.5, 0.6) is 0 Å². The van der Waals surface area contributed by atoms with Gasteiger partial charge in [0.1, 0.15) is 5.82 Å². The van der Waals surface area contributed by atoms with E-state index in [0.29, 0.717) is 49.4 Å². The van der Waals surface area contributed by atoms with Gasteiger partial charge in [0.15, 0.2) is 0 Å². The Kier molecular flexibility index (Phi) is 6.39. The van der Waals surface area contributed by atoms with Gasteiger partial charge in [0.05, 0.1) is 0 Å². The molecule has 1 N–H and O–H groups in total. The van der Waals surface area contributed by atoms with Crippen LogP contribution in [0, 0.1) is 5.82 Å². The molecule has 7 heteroatoms. The summed E-state index contributed by atoms with van der Waals surface area (Å²) in [7, 11) is 0. The van der Waals surface area contributed by atoms with Gasteiger partial charge in [-0.15, -0.1) is 0 Å². The number of nitrogens with zero attached hydrogens (tertiary/aromatic N) is 2. The molecular formula is C22H22FN3O3. The number of benzene rings is 2. The highest BCUT2D eigenvalue weighted by molar-refractivity contribution is 6.00. The average Bonchev–Trinajstić information content (AvgIpc) is 3.00. The first-order valence-electron chi connectivity index (χ1n) is 9.35. The second kappa shape index (κ2) is 9.14. The van der Waals surface area contributed by atoms with E-state index in [-0.39, 0.29) is 23.5 Å². The van der Waals surface area contributed by atoms with Crippen molar-refractivity contribution in [1.82, 2.24) is 9.80 Å². The van der Waals surface area contributed by atoms with E-state index < -0.39 is 0 Å². The lowest BCUT2D eigenvalue weighted by Crippen LogP contribution is -2.37. The summed E-state index contributed by atoms with van der Waals surface area (Å²) in [6, 6.07) is 12.1. The molecule has 1 fully saturated rings. The van der Waals surface area contributed by atoms with E-state index in [0.717, 1.165) is 0 Å². The molecule has 0 aliphatic carbocycles. The molecule has 2 aromatic rings. The van der Waals surface area contributed by atoms with Crippen LogP contribution in [0.2, 0.25) is 0 Å². The molecule has 2 aromatic carbocycles. The summed E-state index contributed by atoms with van der Waals surface area (Å²) in [6.07, 6.45) is 1.83. The minimum absolute atomic E-state index is 0.123. The number of rotatable bonds is 4. The van der Waals surface area contributed by atoms with Crippen molar-refractivity contribution >= 4 is 23.4 Å². The lowest BCUT2D eigenvalue weighted by atomic mass is 10.1. The maximum Gasteiger partial charge on any atom is 0.253 e. The number of anilines is 1. The predicted molar refractivity (Wildman–Crippen MR) is 108 cm³/mol. The highest BCUT2D eigenvalue weighted by Crippen LogP contribution is 2.15. The second-order valence-corrected chi connectivity index (χ2v) is 6.72. The van der Waals surface area contributed by atoms with Crippen LogP contribution >= 0.6 is 0 Å². The molecule has 3 rings (SSSR count). The quantitative estimate of drug-likeness (QED) is 0.810. The molecule has 3 amide bonds. The van der Waals surface area contributed by atoms with Crippen LogP contribution in [0.4, 0.5) is 10.1 Å². The lowest BCUT2D eigenvalue weighted by molar-refractivity contribution is -0.111. The number of carbonyl (C=O) groups is 3. The first kappa shape index (κ1) is 20.3. The van der Waals surface area contributed by atoms with E-state index in [1.807, 2.05) is 0 Å². The van der Waals surface area contributed by atoms with E-state index in [4.69, 9.17) is 0 Å². The molecule has 0 bridgehead atoms. The smallest absolute Gasteiger partial charge is 0.253 e. The number of carbonyl (C=O) groups excluding carboxylic acids is 3. The summed E-state index contributed by atoms with van der Waals surface area (Å²) in [4.78, 5) is 40.2.